The molecule has 0 aliphatic rings. The molecule has 0 N–H and O–H groups in total. The summed E-state index contributed by atoms with van der Waals surface area (Å²) in [6, 6.07) is 0. The third-order valence-electron chi connectivity index (χ3n) is 1.70. The van der Waals surface area contributed by atoms with E-state index in [-0.39, 0.29) is 0 Å². The zero-order chi connectivity index (χ0) is 9.07. The largest absolute Gasteiger partial charge is 0.165 e. The Labute approximate surface area is 81.5 Å². The van der Waals surface area contributed by atoms with Gasteiger partial charge < -0.3 is 0 Å². The maximum absolute atomic E-state index is 3.17. The van der Waals surface area contributed by atoms with Gasteiger partial charge in [0.05, 0.1) is 0 Å². The van der Waals surface area contributed by atoms with E-state index in [1.165, 1.54) is 31.4 Å². The SMILES string of the molecule is CCC#CCCCCCCSC. The third kappa shape index (κ3) is 9.91. The number of hydrogen-bond donors (Lipinski definition) is 0. The van der Waals surface area contributed by atoms with Crippen molar-refractivity contribution in [2.45, 2.75) is 45.4 Å². The molecule has 1 heteroatoms. The van der Waals surface area contributed by atoms with Crippen LogP contribution in [-0.4, -0.2) is 12.0 Å². The lowest BCUT2D eigenvalue weighted by Gasteiger charge is -1.96. The molecule has 0 radical (unpaired) electrons. The highest BCUT2D eigenvalue weighted by molar-refractivity contribution is 7.98. The van der Waals surface area contributed by atoms with Gasteiger partial charge in [-0.3, -0.25) is 0 Å². The summed E-state index contributed by atoms with van der Waals surface area (Å²) in [6.07, 6.45) is 9.70. The van der Waals surface area contributed by atoms with Gasteiger partial charge in [0.15, 0.2) is 0 Å². The van der Waals surface area contributed by atoms with E-state index in [0.717, 1.165) is 12.8 Å². The van der Waals surface area contributed by atoms with Crippen molar-refractivity contribution in [2.24, 2.45) is 0 Å². The minimum absolute atomic E-state index is 1.01. The predicted octanol–water partition coefficient (Wildman–Crippen LogP) is 3.71. The smallest absolute Gasteiger partial charge is 0.00886 e. The minimum atomic E-state index is 1.01. The zero-order valence-corrected chi connectivity index (χ0v) is 9.17. The Morgan fingerprint density at radius 1 is 1.00 bits per heavy atom. The summed E-state index contributed by atoms with van der Waals surface area (Å²) in [5, 5.41) is 0. The Morgan fingerprint density at radius 3 is 2.42 bits per heavy atom. The molecule has 70 valence electrons. The molecule has 12 heavy (non-hydrogen) atoms. The van der Waals surface area contributed by atoms with E-state index in [1.54, 1.807) is 0 Å². The van der Waals surface area contributed by atoms with Crippen LogP contribution in [0.3, 0.4) is 0 Å². The number of hydrogen-bond acceptors (Lipinski definition) is 1. The molecule has 0 atom stereocenters. The fraction of sp³-hybridized carbons (Fsp3) is 0.818. The number of unbranched alkanes of at least 4 members (excludes halogenated alkanes) is 4. The molecule has 0 fully saturated rings. The highest BCUT2D eigenvalue weighted by atomic mass is 32.2. The molecule has 0 unspecified atom stereocenters. The van der Waals surface area contributed by atoms with Gasteiger partial charge in [-0.05, 0) is 24.9 Å². The Balaban J connectivity index is 2.91. The molecule has 0 rings (SSSR count). The Morgan fingerprint density at radius 2 is 1.75 bits per heavy atom. The van der Waals surface area contributed by atoms with Gasteiger partial charge in [-0.25, -0.2) is 0 Å². The molecule has 0 aromatic heterocycles. The highest BCUT2D eigenvalue weighted by Crippen LogP contribution is 2.05. The molecule has 0 saturated carbocycles. The summed E-state index contributed by atoms with van der Waals surface area (Å²) < 4.78 is 0. The van der Waals surface area contributed by atoms with E-state index < -0.39 is 0 Å². The van der Waals surface area contributed by atoms with Crippen LogP contribution >= 0.6 is 11.8 Å². The van der Waals surface area contributed by atoms with Crippen molar-refractivity contribution in [3.63, 3.8) is 0 Å². The summed E-state index contributed by atoms with van der Waals surface area (Å²) in [7, 11) is 0. The molecule has 0 nitrogen and oxygen atoms in total. The average molecular weight is 184 g/mol. The Bertz CT molecular complexity index is 130. The van der Waals surface area contributed by atoms with Gasteiger partial charge in [-0.15, -0.1) is 11.8 Å². The first-order chi connectivity index (χ1) is 5.91. The van der Waals surface area contributed by atoms with Crippen molar-refractivity contribution >= 4 is 11.8 Å². The van der Waals surface area contributed by atoms with Crippen LogP contribution in [0.2, 0.25) is 0 Å². The molecule has 0 amide bonds. The van der Waals surface area contributed by atoms with Crippen molar-refractivity contribution in [1.82, 2.24) is 0 Å². The van der Waals surface area contributed by atoms with Crippen molar-refractivity contribution in [3.05, 3.63) is 0 Å². The standard InChI is InChI=1S/C11H20S/c1-3-4-5-6-7-8-9-10-11-12-2/h3,6-11H2,1-2H3. The van der Waals surface area contributed by atoms with Gasteiger partial charge in [0.1, 0.15) is 0 Å². The predicted molar refractivity (Wildman–Crippen MR) is 59.5 cm³/mol. The van der Waals surface area contributed by atoms with Gasteiger partial charge in [0.25, 0.3) is 0 Å². The van der Waals surface area contributed by atoms with Crippen LogP contribution in [0.15, 0.2) is 0 Å². The average Bonchev–Trinajstić information content (AvgIpc) is 2.10. The van der Waals surface area contributed by atoms with E-state index in [4.69, 9.17) is 0 Å². The second-order valence-electron chi connectivity index (χ2n) is 2.86. The van der Waals surface area contributed by atoms with Gasteiger partial charge in [-0.2, -0.15) is 11.8 Å². The zero-order valence-electron chi connectivity index (χ0n) is 8.36. The van der Waals surface area contributed by atoms with E-state index in [9.17, 15) is 0 Å². The summed E-state index contributed by atoms with van der Waals surface area (Å²) in [5.74, 6) is 7.59. The van der Waals surface area contributed by atoms with Crippen molar-refractivity contribution in [1.29, 1.82) is 0 Å². The molecule has 0 aromatic carbocycles. The van der Waals surface area contributed by atoms with Crippen LogP contribution in [0.5, 0.6) is 0 Å². The molecule has 0 aromatic rings. The van der Waals surface area contributed by atoms with Crippen LogP contribution in [-0.2, 0) is 0 Å². The first-order valence-corrected chi connectivity index (χ1v) is 6.25. The van der Waals surface area contributed by atoms with Gasteiger partial charge in [0.2, 0.25) is 0 Å². The maximum atomic E-state index is 3.17. The quantitative estimate of drug-likeness (QED) is 0.448. The topological polar surface area (TPSA) is 0 Å². The molecular weight excluding hydrogens is 164 g/mol. The van der Waals surface area contributed by atoms with Crippen LogP contribution < -0.4 is 0 Å². The first-order valence-electron chi connectivity index (χ1n) is 4.86. The fourth-order valence-electron chi connectivity index (χ4n) is 1.03. The van der Waals surface area contributed by atoms with Gasteiger partial charge in [-0.1, -0.05) is 19.8 Å². The summed E-state index contributed by atoms with van der Waals surface area (Å²) in [6.45, 7) is 2.10. The van der Waals surface area contributed by atoms with Crippen LogP contribution in [0.25, 0.3) is 0 Å². The third-order valence-corrected chi connectivity index (χ3v) is 2.40. The molecule has 0 heterocycles. The fourth-order valence-corrected chi connectivity index (χ4v) is 1.52. The molecule has 0 aliphatic heterocycles. The summed E-state index contributed by atoms with van der Waals surface area (Å²) >= 11 is 1.95. The number of thioether (sulfide) groups is 1. The van der Waals surface area contributed by atoms with Gasteiger partial charge in [0, 0.05) is 12.8 Å². The van der Waals surface area contributed by atoms with Gasteiger partial charge >= 0.3 is 0 Å². The molecule has 0 bridgehead atoms. The summed E-state index contributed by atoms with van der Waals surface area (Å²) in [5.41, 5.74) is 0. The van der Waals surface area contributed by atoms with E-state index in [0.29, 0.717) is 0 Å². The van der Waals surface area contributed by atoms with E-state index in [2.05, 4.69) is 25.0 Å². The lowest BCUT2D eigenvalue weighted by Crippen LogP contribution is -1.80. The molecular formula is C11H20S. The monoisotopic (exact) mass is 184 g/mol. The Hall–Kier alpha value is -0.0900. The van der Waals surface area contributed by atoms with Crippen LogP contribution in [0, 0.1) is 11.8 Å². The van der Waals surface area contributed by atoms with Crippen molar-refractivity contribution in [2.75, 3.05) is 12.0 Å². The molecule has 0 spiro atoms. The van der Waals surface area contributed by atoms with Crippen LogP contribution in [0.4, 0.5) is 0 Å². The second kappa shape index (κ2) is 10.9. The lowest BCUT2D eigenvalue weighted by molar-refractivity contribution is 0.683. The molecule has 0 aliphatic carbocycles. The lowest BCUT2D eigenvalue weighted by atomic mass is 10.1. The van der Waals surface area contributed by atoms with Crippen molar-refractivity contribution < 1.29 is 0 Å². The maximum Gasteiger partial charge on any atom is 0.00886 e. The van der Waals surface area contributed by atoms with Crippen molar-refractivity contribution in [3.8, 4) is 11.8 Å². The highest BCUT2D eigenvalue weighted by Gasteiger charge is 1.87. The summed E-state index contributed by atoms with van der Waals surface area (Å²) in [4.78, 5) is 0. The number of rotatable bonds is 6. The second-order valence-corrected chi connectivity index (χ2v) is 3.85. The van der Waals surface area contributed by atoms with E-state index in [1.807, 2.05) is 11.8 Å². The van der Waals surface area contributed by atoms with E-state index >= 15 is 0 Å². The molecule has 0 saturated heterocycles. The Kier molecular flexibility index (Phi) is 10.8. The normalized spacial score (nSPS) is 9.17. The van der Waals surface area contributed by atoms with Crippen LogP contribution in [0.1, 0.15) is 45.4 Å². The minimum Gasteiger partial charge on any atom is -0.165 e. The first kappa shape index (κ1) is 11.9.